The maximum Gasteiger partial charge on any atom is 0.257 e. The summed E-state index contributed by atoms with van der Waals surface area (Å²) in [6.07, 6.45) is 4.26. The van der Waals surface area contributed by atoms with E-state index in [-0.39, 0.29) is 11.5 Å². The molecule has 6 nitrogen and oxygen atoms in total. The first kappa shape index (κ1) is 17.8. The minimum absolute atomic E-state index is 0.00932. The third-order valence-corrected chi connectivity index (χ3v) is 5.46. The van der Waals surface area contributed by atoms with Crippen molar-refractivity contribution in [1.82, 2.24) is 19.4 Å². The molecule has 0 saturated heterocycles. The average molecular weight is 360 g/mol. The smallest absolute Gasteiger partial charge is 0.257 e. The van der Waals surface area contributed by atoms with E-state index in [1.165, 1.54) is 0 Å². The molecule has 0 aromatic carbocycles. The largest absolute Gasteiger partial charge is 0.337 e. The lowest BCUT2D eigenvalue weighted by atomic mass is 10.1. The fourth-order valence-corrected chi connectivity index (χ4v) is 3.77. The van der Waals surface area contributed by atoms with E-state index in [9.17, 15) is 9.59 Å². The maximum atomic E-state index is 12.7. The normalized spacial score (nSPS) is 14.0. The highest BCUT2D eigenvalue weighted by Gasteiger charge is 2.22. The lowest BCUT2D eigenvalue weighted by Gasteiger charge is -2.26. The van der Waals surface area contributed by atoms with Crippen LogP contribution in [-0.4, -0.2) is 31.9 Å². The first-order valence-corrected chi connectivity index (χ1v) is 9.58. The van der Waals surface area contributed by atoms with E-state index in [4.69, 9.17) is 0 Å². The van der Waals surface area contributed by atoms with Gasteiger partial charge in [-0.1, -0.05) is 13.8 Å². The fraction of sp³-hybridized carbons (Fsp3) is 0.556. The van der Waals surface area contributed by atoms with Gasteiger partial charge in [-0.2, -0.15) is 0 Å². The molecule has 0 aliphatic carbocycles. The van der Waals surface area contributed by atoms with Crippen molar-refractivity contribution in [3.63, 3.8) is 0 Å². The molecule has 0 fully saturated rings. The Morgan fingerprint density at radius 3 is 2.92 bits per heavy atom. The first-order chi connectivity index (χ1) is 11.9. The lowest BCUT2D eigenvalue weighted by molar-refractivity contribution is -0.129. The van der Waals surface area contributed by atoms with Crippen LogP contribution in [0, 0.1) is 5.92 Å². The molecule has 3 heterocycles. The highest BCUT2D eigenvalue weighted by atomic mass is 32.1. The molecule has 1 aliphatic heterocycles. The molecule has 25 heavy (non-hydrogen) atoms. The van der Waals surface area contributed by atoms with Crippen molar-refractivity contribution in [1.29, 1.82) is 0 Å². The van der Waals surface area contributed by atoms with Crippen molar-refractivity contribution in [2.45, 2.75) is 53.1 Å². The van der Waals surface area contributed by atoms with E-state index in [0.717, 1.165) is 34.8 Å². The number of thiazole rings is 1. The van der Waals surface area contributed by atoms with Crippen LogP contribution >= 0.6 is 11.3 Å². The molecule has 1 amide bonds. The molecule has 2 aromatic heterocycles. The van der Waals surface area contributed by atoms with E-state index in [2.05, 4.69) is 23.8 Å². The molecule has 0 saturated carbocycles. The number of hydrogen-bond donors (Lipinski definition) is 0. The van der Waals surface area contributed by atoms with Gasteiger partial charge in [0.15, 0.2) is 0 Å². The monoisotopic (exact) mass is 360 g/mol. The zero-order chi connectivity index (χ0) is 18.0. The molecular weight excluding hydrogens is 336 g/mol. The predicted octanol–water partition coefficient (Wildman–Crippen LogP) is 2.24. The number of amides is 1. The number of nitrogens with zero attached hydrogens (tertiary/aromatic N) is 4. The Hall–Kier alpha value is -2.02. The summed E-state index contributed by atoms with van der Waals surface area (Å²) in [5.41, 5.74) is 2.35. The van der Waals surface area contributed by atoms with Crippen molar-refractivity contribution in [2.75, 3.05) is 6.54 Å². The number of hydrogen-bond acceptors (Lipinski definition) is 5. The Labute approximate surface area is 151 Å². The molecule has 0 atom stereocenters. The van der Waals surface area contributed by atoms with Crippen LogP contribution in [0.2, 0.25) is 0 Å². The van der Waals surface area contributed by atoms with Crippen LogP contribution in [0.5, 0.6) is 0 Å². The lowest BCUT2D eigenvalue weighted by Crippen LogP contribution is -2.39. The fourth-order valence-electron chi connectivity index (χ4n) is 2.97. The van der Waals surface area contributed by atoms with E-state index >= 15 is 0 Å². The van der Waals surface area contributed by atoms with Crippen LogP contribution in [0.3, 0.4) is 0 Å². The van der Waals surface area contributed by atoms with Crippen molar-refractivity contribution in [3.8, 4) is 0 Å². The van der Waals surface area contributed by atoms with Gasteiger partial charge in [-0.05, 0) is 25.2 Å². The molecule has 0 N–H and O–H groups in total. The summed E-state index contributed by atoms with van der Waals surface area (Å²) in [4.78, 5) is 35.0. The number of rotatable bonds is 5. The van der Waals surface area contributed by atoms with Crippen LogP contribution in [0.25, 0.3) is 0 Å². The Bertz CT molecular complexity index is 825. The van der Waals surface area contributed by atoms with Crippen molar-refractivity contribution < 1.29 is 4.79 Å². The van der Waals surface area contributed by atoms with Gasteiger partial charge in [-0.3, -0.25) is 14.2 Å². The van der Waals surface area contributed by atoms with Crippen LogP contribution in [0.15, 0.2) is 16.5 Å². The zero-order valence-corrected chi connectivity index (χ0v) is 15.8. The summed E-state index contributed by atoms with van der Waals surface area (Å²) in [5.74, 6) is 0.683. The van der Waals surface area contributed by atoms with Gasteiger partial charge in [-0.15, -0.1) is 11.3 Å². The second-order valence-electron chi connectivity index (χ2n) is 6.96. The van der Waals surface area contributed by atoms with Crippen molar-refractivity contribution in [3.05, 3.63) is 44.0 Å². The van der Waals surface area contributed by atoms with Crippen molar-refractivity contribution in [2.24, 2.45) is 5.92 Å². The molecule has 0 unspecified atom stereocenters. The first-order valence-electron chi connectivity index (χ1n) is 8.70. The second-order valence-corrected chi connectivity index (χ2v) is 7.90. The van der Waals surface area contributed by atoms with Gasteiger partial charge in [0.2, 0.25) is 5.91 Å². The van der Waals surface area contributed by atoms with Crippen LogP contribution in [-0.2, 0) is 30.7 Å². The molecule has 0 radical (unpaired) electrons. The predicted molar refractivity (Wildman–Crippen MR) is 97.7 cm³/mol. The van der Waals surface area contributed by atoms with Crippen LogP contribution in [0.1, 0.15) is 49.2 Å². The minimum Gasteiger partial charge on any atom is -0.337 e. The minimum atomic E-state index is -0.00932. The van der Waals surface area contributed by atoms with Crippen LogP contribution < -0.4 is 5.56 Å². The Balaban J connectivity index is 1.74. The van der Waals surface area contributed by atoms with E-state index in [0.29, 0.717) is 32.0 Å². The summed E-state index contributed by atoms with van der Waals surface area (Å²) < 4.78 is 1.63. The zero-order valence-electron chi connectivity index (χ0n) is 15.0. The topological polar surface area (TPSA) is 68.1 Å². The van der Waals surface area contributed by atoms with Gasteiger partial charge in [-0.25, -0.2) is 9.97 Å². The maximum absolute atomic E-state index is 12.7. The molecule has 7 heteroatoms. The standard InChI is InChI=1S/C18H24N4O2S/c1-12(2)4-5-17-20-14(10-25-17)8-22-11-19-16-9-21(13(3)23)7-6-15(16)18(22)24/h10-12H,4-9H2,1-3H3. The van der Waals surface area contributed by atoms with E-state index < -0.39 is 0 Å². The average Bonchev–Trinajstić information content (AvgIpc) is 3.03. The highest BCUT2D eigenvalue weighted by Crippen LogP contribution is 2.16. The summed E-state index contributed by atoms with van der Waals surface area (Å²) in [6.45, 7) is 7.43. The summed E-state index contributed by atoms with van der Waals surface area (Å²) in [6, 6.07) is 0. The van der Waals surface area contributed by atoms with Gasteiger partial charge in [0.25, 0.3) is 5.56 Å². The SMILES string of the molecule is CC(=O)N1CCc2c(ncn(Cc3csc(CCC(C)C)n3)c2=O)C1. The summed E-state index contributed by atoms with van der Waals surface area (Å²) in [7, 11) is 0. The molecule has 0 bridgehead atoms. The summed E-state index contributed by atoms with van der Waals surface area (Å²) >= 11 is 1.66. The van der Waals surface area contributed by atoms with Crippen molar-refractivity contribution >= 4 is 17.2 Å². The van der Waals surface area contributed by atoms with Crippen LogP contribution in [0.4, 0.5) is 0 Å². The Morgan fingerprint density at radius 2 is 2.20 bits per heavy atom. The number of carbonyl (C=O) groups excluding carboxylic acids is 1. The third kappa shape index (κ3) is 4.15. The third-order valence-electron chi connectivity index (χ3n) is 4.51. The molecular formula is C18H24N4O2S. The van der Waals surface area contributed by atoms with Gasteiger partial charge < -0.3 is 4.90 Å². The molecule has 3 rings (SSSR count). The van der Waals surface area contributed by atoms with Gasteiger partial charge in [0.1, 0.15) is 0 Å². The van der Waals surface area contributed by atoms with E-state index in [1.807, 2.05) is 5.38 Å². The molecule has 0 spiro atoms. The highest BCUT2D eigenvalue weighted by molar-refractivity contribution is 7.09. The van der Waals surface area contributed by atoms with E-state index in [1.54, 1.807) is 34.1 Å². The second kappa shape index (κ2) is 7.47. The van der Waals surface area contributed by atoms with Gasteiger partial charge >= 0.3 is 0 Å². The number of aryl methyl sites for hydroxylation is 1. The number of carbonyl (C=O) groups is 1. The molecule has 134 valence electrons. The number of aromatic nitrogens is 3. The van der Waals surface area contributed by atoms with Gasteiger partial charge in [0, 0.05) is 24.4 Å². The Kier molecular flexibility index (Phi) is 5.32. The molecule has 1 aliphatic rings. The summed E-state index contributed by atoms with van der Waals surface area (Å²) in [5, 5.41) is 3.15. The molecule has 2 aromatic rings. The number of fused-ring (bicyclic) bond motifs is 1. The van der Waals surface area contributed by atoms with Gasteiger partial charge in [0.05, 0.1) is 35.8 Å². The Morgan fingerprint density at radius 1 is 1.40 bits per heavy atom. The quantitative estimate of drug-likeness (QED) is 0.820.